The van der Waals surface area contributed by atoms with Crippen molar-refractivity contribution in [3.05, 3.63) is 61.2 Å². The number of benzene rings is 1. The Hall–Kier alpha value is -2.58. The van der Waals surface area contributed by atoms with Crippen molar-refractivity contribution in [3.8, 4) is 0 Å². The van der Waals surface area contributed by atoms with Crippen LogP contribution in [0.1, 0.15) is 72.4 Å². The molecule has 3 fully saturated rings. The molecule has 3 saturated heterocycles. The lowest BCUT2D eigenvalue weighted by Gasteiger charge is -2.46. The fourth-order valence-electron chi connectivity index (χ4n) is 7.90. The second kappa shape index (κ2) is 11.3. The molecule has 0 saturated carbocycles. The first kappa shape index (κ1) is 31.4. The summed E-state index contributed by atoms with van der Waals surface area (Å²) in [5, 5.41) is 10.7. The van der Waals surface area contributed by atoms with E-state index in [2.05, 4.69) is 47.8 Å². The van der Waals surface area contributed by atoms with Crippen molar-refractivity contribution in [1.29, 1.82) is 0 Å². The van der Waals surface area contributed by atoms with E-state index < -0.39 is 44.9 Å². The molecule has 2 bridgehead atoms. The quantitative estimate of drug-likeness (QED) is 0.287. The normalized spacial score (nSPS) is 29.7. The number of aliphatic hydroxyl groups excluding tert-OH is 1. The molecule has 1 aromatic carbocycles. The highest BCUT2D eigenvalue weighted by Crippen LogP contribution is 2.72. The Balaban J connectivity index is 1.88. The standard InChI is InChI=1S/C33H46N2O5S/c1-9-18-34(31(6,7)21-30(3,4)5)28(38)26-33-17-16-32(8,41-33)25(29(39)40-19-10-2)24(33)27(37)35(26)23(20-36)22-14-12-11-13-15-22/h9-15,23-26,36H,1-2,16-21H2,3-8H3/t23-,24+,25-,26?,32+,33?/m1/s1. The molecule has 3 heterocycles. The molecule has 0 aliphatic carbocycles. The van der Waals surface area contributed by atoms with Gasteiger partial charge in [-0.05, 0) is 51.0 Å². The molecular weight excluding hydrogens is 536 g/mol. The monoisotopic (exact) mass is 582 g/mol. The van der Waals surface area contributed by atoms with Crippen LogP contribution in [0, 0.1) is 17.3 Å². The summed E-state index contributed by atoms with van der Waals surface area (Å²) in [6.45, 7) is 20.3. The zero-order valence-corrected chi connectivity index (χ0v) is 26.2. The van der Waals surface area contributed by atoms with Crippen molar-refractivity contribution in [3.63, 3.8) is 0 Å². The number of likely N-dealkylation sites (tertiary alicyclic amines) is 1. The lowest BCUT2D eigenvalue weighted by Crippen LogP contribution is -2.60. The van der Waals surface area contributed by atoms with Crippen molar-refractivity contribution in [2.24, 2.45) is 17.3 Å². The fourth-order valence-corrected chi connectivity index (χ4v) is 10.2. The van der Waals surface area contributed by atoms with E-state index in [-0.39, 0.29) is 30.4 Å². The van der Waals surface area contributed by atoms with Gasteiger partial charge in [-0.2, -0.15) is 0 Å². The van der Waals surface area contributed by atoms with Crippen LogP contribution >= 0.6 is 11.8 Å². The van der Waals surface area contributed by atoms with E-state index >= 15 is 4.79 Å². The van der Waals surface area contributed by atoms with Crippen LogP contribution in [0.5, 0.6) is 0 Å². The van der Waals surface area contributed by atoms with Crippen LogP contribution in [-0.4, -0.2) is 73.5 Å². The summed E-state index contributed by atoms with van der Waals surface area (Å²) in [6.07, 6.45) is 5.30. The molecule has 3 aliphatic heterocycles. The summed E-state index contributed by atoms with van der Waals surface area (Å²) in [5.74, 6) is -2.29. The van der Waals surface area contributed by atoms with E-state index in [1.807, 2.05) is 42.2 Å². The average Bonchev–Trinajstić information content (AvgIpc) is 3.46. The number of nitrogens with zero attached hydrogens (tertiary/aromatic N) is 2. The van der Waals surface area contributed by atoms with Gasteiger partial charge in [-0.1, -0.05) is 69.8 Å². The van der Waals surface area contributed by atoms with Crippen molar-refractivity contribution in [2.45, 2.75) is 87.9 Å². The van der Waals surface area contributed by atoms with E-state index in [4.69, 9.17) is 4.74 Å². The van der Waals surface area contributed by atoms with Crippen LogP contribution in [0.4, 0.5) is 0 Å². The minimum Gasteiger partial charge on any atom is -0.461 e. The minimum absolute atomic E-state index is 0.0546. The van der Waals surface area contributed by atoms with Crippen LogP contribution in [0.25, 0.3) is 0 Å². The number of aliphatic hydroxyl groups is 1. The fraction of sp³-hybridized carbons (Fsp3) is 0.606. The van der Waals surface area contributed by atoms with Crippen LogP contribution in [0.3, 0.4) is 0 Å². The Morgan fingerprint density at radius 1 is 1.17 bits per heavy atom. The molecule has 3 aliphatic rings. The molecular formula is C33H46N2O5S. The Kier molecular flexibility index (Phi) is 8.60. The maximum atomic E-state index is 15.0. The summed E-state index contributed by atoms with van der Waals surface area (Å²) in [4.78, 5) is 46.6. The van der Waals surface area contributed by atoms with Gasteiger partial charge >= 0.3 is 5.97 Å². The highest BCUT2D eigenvalue weighted by molar-refractivity contribution is 8.02. The lowest BCUT2D eigenvalue weighted by atomic mass is 9.66. The number of thioether (sulfide) groups is 1. The third-order valence-electron chi connectivity index (χ3n) is 9.01. The molecule has 1 aromatic rings. The second-order valence-electron chi connectivity index (χ2n) is 13.8. The largest absolute Gasteiger partial charge is 0.461 e. The van der Waals surface area contributed by atoms with Crippen molar-refractivity contribution in [2.75, 3.05) is 19.8 Å². The Bertz CT molecular complexity index is 1190. The first-order valence-corrected chi connectivity index (χ1v) is 15.4. The Labute approximate surface area is 249 Å². The summed E-state index contributed by atoms with van der Waals surface area (Å²) < 4.78 is 4.19. The molecule has 0 radical (unpaired) electrons. The second-order valence-corrected chi connectivity index (χ2v) is 15.7. The number of hydrogen-bond acceptors (Lipinski definition) is 6. The minimum atomic E-state index is -0.861. The van der Waals surface area contributed by atoms with Gasteiger partial charge in [0.15, 0.2) is 0 Å². The third-order valence-corrected chi connectivity index (χ3v) is 11.0. The highest BCUT2D eigenvalue weighted by Gasteiger charge is 2.78. The van der Waals surface area contributed by atoms with E-state index in [0.717, 1.165) is 12.0 Å². The number of fused-ring (bicyclic) bond motifs is 1. The molecule has 0 aromatic heterocycles. The van der Waals surface area contributed by atoms with Gasteiger partial charge in [0.1, 0.15) is 12.6 Å². The summed E-state index contributed by atoms with van der Waals surface area (Å²) in [6, 6.07) is 7.75. The molecule has 2 amide bonds. The zero-order valence-electron chi connectivity index (χ0n) is 25.4. The number of ether oxygens (including phenoxy) is 1. The molecule has 6 atom stereocenters. The highest BCUT2D eigenvalue weighted by atomic mass is 32.2. The van der Waals surface area contributed by atoms with E-state index in [9.17, 15) is 14.7 Å². The van der Waals surface area contributed by atoms with E-state index in [1.165, 1.54) is 6.08 Å². The first-order valence-electron chi connectivity index (χ1n) is 14.6. The topological polar surface area (TPSA) is 87.1 Å². The van der Waals surface area contributed by atoms with Crippen LogP contribution in [0.2, 0.25) is 0 Å². The molecule has 8 heteroatoms. The predicted octanol–water partition coefficient (Wildman–Crippen LogP) is 5.16. The maximum Gasteiger partial charge on any atom is 0.311 e. The number of amides is 2. The van der Waals surface area contributed by atoms with Gasteiger partial charge in [0.25, 0.3) is 0 Å². The summed E-state index contributed by atoms with van der Waals surface area (Å²) in [5.41, 5.74) is 0.154. The number of esters is 1. The molecule has 1 N–H and O–H groups in total. The maximum absolute atomic E-state index is 15.0. The third kappa shape index (κ3) is 5.38. The molecule has 224 valence electrons. The molecule has 1 spiro atoms. The van der Waals surface area contributed by atoms with Gasteiger partial charge in [0, 0.05) is 16.8 Å². The first-order chi connectivity index (χ1) is 19.2. The number of hydrogen-bond donors (Lipinski definition) is 1. The van der Waals surface area contributed by atoms with Crippen molar-refractivity contribution < 1.29 is 24.2 Å². The van der Waals surface area contributed by atoms with Crippen LogP contribution in [-0.2, 0) is 19.1 Å². The Morgan fingerprint density at radius 2 is 1.83 bits per heavy atom. The lowest BCUT2D eigenvalue weighted by molar-refractivity contribution is -0.155. The van der Waals surface area contributed by atoms with Crippen LogP contribution in [0.15, 0.2) is 55.6 Å². The van der Waals surface area contributed by atoms with Gasteiger partial charge in [-0.15, -0.1) is 18.3 Å². The zero-order chi connectivity index (χ0) is 30.4. The molecule has 4 rings (SSSR count). The van der Waals surface area contributed by atoms with E-state index in [1.54, 1.807) is 22.7 Å². The smallest absolute Gasteiger partial charge is 0.311 e. The van der Waals surface area contributed by atoms with Gasteiger partial charge in [-0.3, -0.25) is 14.4 Å². The molecule has 2 unspecified atom stereocenters. The van der Waals surface area contributed by atoms with Crippen molar-refractivity contribution >= 4 is 29.5 Å². The van der Waals surface area contributed by atoms with Crippen LogP contribution < -0.4 is 0 Å². The van der Waals surface area contributed by atoms with Gasteiger partial charge in [0.05, 0.1) is 29.2 Å². The summed E-state index contributed by atoms with van der Waals surface area (Å²) >= 11 is 1.60. The predicted molar refractivity (Wildman–Crippen MR) is 163 cm³/mol. The Morgan fingerprint density at radius 3 is 2.39 bits per heavy atom. The SMILES string of the molecule is C=CCOC(=O)[C@H]1[C@H]2C(=O)N([C@H](CO)c3ccccc3)C(C(=O)N(CC=C)C(C)(C)CC(C)(C)C)C23CC[C@]1(C)S3. The molecule has 7 nitrogen and oxygen atoms in total. The van der Waals surface area contributed by atoms with Gasteiger partial charge < -0.3 is 19.6 Å². The van der Waals surface area contributed by atoms with Gasteiger partial charge in [-0.25, -0.2) is 0 Å². The average molecular weight is 583 g/mol. The number of carbonyl (C=O) groups is 3. The number of rotatable bonds is 11. The van der Waals surface area contributed by atoms with Gasteiger partial charge in [0.2, 0.25) is 11.8 Å². The van der Waals surface area contributed by atoms with E-state index in [0.29, 0.717) is 19.4 Å². The summed E-state index contributed by atoms with van der Waals surface area (Å²) in [7, 11) is 0. The molecule has 41 heavy (non-hydrogen) atoms. The number of carbonyl (C=O) groups excluding carboxylic acids is 3. The van der Waals surface area contributed by atoms with Crippen molar-refractivity contribution in [1.82, 2.24) is 9.80 Å².